The molecular formula is C70H81BN2. The van der Waals surface area contributed by atoms with Crippen LogP contribution in [0.1, 0.15) is 181 Å². The lowest BCUT2D eigenvalue weighted by Crippen LogP contribution is -2.62. The third kappa shape index (κ3) is 7.96. The Bertz CT molecular complexity index is 3390. The van der Waals surface area contributed by atoms with Crippen LogP contribution in [-0.2, 0) is 37.9 Å². The number of hydrogen-bond donors (Lipinski definition) is 0. The molecule has 0 atom stereocenters. The minimum Gasteiger partial charge on any atom is -0.311 e. The molecule has 2 nitrogen and oxygen atoms in total. The summed E-state index contributed by atoms with van der Waals surface area (Å²) in [5.41, 5.74) is 28.2. The van der Waals surface area contributed by atoms with E-state index in [9.17, 15) is 0 Å². The van der Waals surface area contributed by atoms with Crippen LogP contribution in [0.4, 0.5) is 34.1 Å². The molecule has 374 valence electrons. The van der Waals surface area contributed by atoms with E-state index in [4.69, 9.17) is 0 Å². The number of fused-ring (bicyclic) bond motifs is 6. The van der Waals surface area contributed by atoms with Crippen molar-refractivity contribution >= 4 is 57.2 Å². The van der Waals surface area contributed by atoms with Crippen LogP contribution in [0.15, 0.2) is 127 Å². The van der Waals surface area contributed by atoms with Gasteiger partial charge in [-0.15, -0.1) is 0 Å². The van der Waals surface area contributed by atoms with Gasteiger partial charge in [0.15, 0.2) is 0 Å². The molecule has 0 spiro atoms. The van der Waals surface area contributed by atoms with E-state index in [0.29, 0.717) is 0 Å². The second-order valence-corrected chi connectivity index (χ2v) is 28.6. The van der Waals surface area contributed by atoms with Gasteiger partial charge in [0.25, 0.3) is 6.71 Å². The van der Waals surface area contributed by atoms with E-state index < -0.39 is 0 Å². The van der Waals surface area contributed by atoms with Crippen LogP contribution in [0.2, 0.25) is 0 Å². The van der Waals surface area contributed by atoms with Crippen molar-refractivity contribution in [3.63, 3.8) is 0 Å². The molecule has 2 aliphatic carbocycles. The molecule has 0 saturated heterocycles. The fraction of sp³-hybridized carbons (Fsp3) is 0.400. The molecular weight excluding hydrogens is 880 g/mol. The molecule has 0 N–H and O–H groups in total. The van der Waals surface area contributed by atoms with Crippen molar-refractivity contribution < 1.29 is 0 Å². The van der Waals surface area contributed by atoms with Gasteiger partial charge in [0.2, 0.25) is 0 Å². The average molecular weight is 961 g/mol. The number of hydrogen-bond acceptors (Lipinski definition) is 2. The van der Waals surface area contributed by atoms with E-state index in [1.54, 1.807) is 0 Å². The van der Waals surface area contributed by atoms with E-state index in [2.05, 4.69) is 262 Å². The molecule has 0 bridgehead atoms. The summed E-state index contributed by atoms with van der Waals surface area (Å²) < 4.78 is 0. The van der Waals surface area contributed by atoms with Crippen LogP contribution in [0.5, 0.6) is 0 Å². The van der Waals surface area contributed by atoms with Crippen molar-refractivity contribution in [2.45, 2.75) is 182 Å². The third-order valence-corrected chi connectivity index (χ3v) is 18.1. The maximum absolute atomic E-state index is 2.75. The van der Waals surface area contributed by atoms with E-state index in [1.807, 2.05) is 0 Å². The van der Waals surface area contributed by atoms with E-state index in [-0.39, 0.29) is 44.6 Å². The van der Waals surface area contributed by atoms with Crippen molar-refractivity contribution in [3.05, 3.63) is 172 Å². The normalized spacial score (nSPS) is 17.9. The van der Waals surface area contributed by atoms with E-state index >= 15 is 0 Å². The molecule has 0 saturated carbocycles. The van der Waals surface area contributed by atoms with Crippen molar-refractivity contribution in [3.8, 4) is 22.3 Å². The van der Waals surface area contributed by atoms with Gasteiger partial charge in [0.1, 0.15) is 0 Å². The Balaban J connectivity index is 1.30. The number of rotatable bonds is 4. The van der Waals surface area contributed by atoms with Gasteiger partial charge in [-0.1, -0.05) is 203 Å². The summed E-state index contributed by atoms with van der Waals surface area (Å²) in [6.07, 6.45) is 3.45. The molecule has 2 aliphatic heterocycles. The smallest absolute Gasteiger partial charge is 0.252 e. The number of aryl methyl sites for hydroxylation is 1. The molecule has 11 rings (SSSR count). The zero-order valence-corrected chi connectivity index (χ0v) is 47.7. The van der Waals surface area contributed by atoms with Crippen molar-refractivity contribution in [2.75, 3.05) is 9.80 Å². The Morgan fingerprint density at radius 1 is 0.384 bits per heavy atom. The SMILES string of the molecule is Cc1cc(C(C)(C)C)ccc1N1c2ccc(-c3ccccc3)cc2B2c3cc4c(cc3N(c3ccc(C(C)(C)C)cc3-c3ccc5c(c3)C(C)(C)CC5(C)C)c3cc(C(C)(C)C)cc1c32)C(C)(C)CCC4(C)C. The summed E-state index contributed by atoms with van der Waals surface area (Å²) in [5.74, 6) is 0. The second-order valence-electron chi connectivity index (χ2n) is 28.6. The first-order valence-electron chi connectivity index (χ1n) is 27.5. The Hall–Kier alpha value is -5.80. The predicted octanol–water partition coefficient (Wildman–Crippen LogP) is 17.6. The van der Waals surface area contributed by atoms with Gasteiger partial charge >= 0.3 is 0 Å². The van der Waals surface area contributed by atoms with Gasteiger partial charge in [-0.3, -0.25) is 0 Å². The molecule has 0 unspecified atom stereocenters. The Labute approximate surface area is 440 Å². The highest BCUT2D eigenvalue weighted by atomic mass is 15.2. The summed E-state index contributed by atoms with van der Waals surface area (Å²) in [5, 5.41) is 0. The largest absolute Gasteiger partial charge is 0.311 e. The topological polar surface area (TPSA) is 6.48 Å². The summed E-state index contributed by atoms with van der Waals surface area (Å²) in [7, 11) is 0. The fourth-order valence-electron chi connectivity index (χ4n) is 13.8. The first-order chi connectivity index (χ1) is 34.0. The van der Waals surface area contributed by atoms with Gasteiger partial charge in [0.05, 0.1) is 5.69 Å². The quantitative estimate of drug-likeness (QED) is 0.162. The van der Waals surface area contributed by atoms with Crippen LogP contribution < -0.4 is 26.2 Å². The molecule has 73 heavy (non-hydrogen) atoms. The average Bonchev–Trinajstić information content (AvgIpc) is 3.50. The summed E-state index contributed by atoms with van der Waals surface area (Å²) in [6.45, 7) is 43.4. The van der Waals surface area contributed by atoms with Crippen molar-refractivity contribution in [1.82, 2.24) is 0 Å². The zero-order valence-electron chi connectivity index (χ0n) is 47.7. The van der Waals surface area contributed by atoms with Crippen molar-refractivity contribution in [1.29, 1.82) is 0 Å². The number of nitrogens with zero attached hydrogens (tertiary/aromatic N) is 2. The van der Waals surface area contributed by atoms with Crippen LogP contribution in [0.3, 0.4) is 0 Å². The maximum atomic E-state index is 2.75. The third-order valence-electron chi connectivity index (χ3n) is 18.1. The minimum atomic E-state index is -0.139. The molecule has 0 radical (unpaired) electrons. The van der Waals surface area contributed by atoms with Gasteiger partial charge in [-0.05, 0) is 184 Å². The maximum Gasteiger partial charge on any atom is 0.252 e. The second kappa shape index (κ2) is 16.1. The highest BCUT2D eigenvalue weighted by Crippen LogP contribution is 2.55. The highest BCUT2D eigenvalue weighted by Gasteiger charge is 2.48. The molecule has 2 heterocycles. The molecule has 7 aromatic rings. The van der Waals surface area contributed by atoms with Gasteiger partial charge < -0.3 is 9.80 Å². The van der Waals surface area contributed by atoms with Crippen molar-refractivity contribution in [2.24, 2.45) is 0 Å². The molecule has 0 fully saturated rings. The Kier molecular flexibility index (Phi) is 10.9. The monoisotopic (exact) mass is 961 g/mol. The van der Waals surface area contributed by atoms with Gasteiger partial charge in [-0.25, -0.2) is 0 Å². The standard InChI is InChI=1S/C70H81BN2/c1-43-34-47(64(2,3)4)26-30-57(43)72-59-29-25-45(44-22-20-19-21-23-44)36-55(59)71-56-40-53-54(68(13,14)33-32-67(53,11)12)41-60(56)73(62-39-49(66(8,9)10)38-61(72)63(62)71)58-31-27-48(65(5,6)7)37-50(58)46-24-28-51-52(35-46)70(17,18)42-69(51,15)16/h19-31,34-41H,32-33,42H2,1-18H3. The van der Waals surface area contributed by atoms with Crippen LogP contribution in [0.25, 0.3) is 22.3 Å². The predicted molar refractivity (Wildman–Crippen MR) is 318 cm³/mol. The molecule has 4 aliphatic rings. The lowest BCUT2D eigenvalue weighted by atomic mass is 9.33. The van der Waals surface area contributed by atoms with Crippen LogP contribution in [-0.4, -0.2) is 6.71 Å². The Morgan fingerprint density at radius 2 is 0.890 bits per heavy atom. The van der Waals surface area contributed by atoms with E-state index in [0.717, 1.165) is 19.3 Å². The molecule has 0 amide bonds. The Morgan fingerprint density at radius 3 is 1.49 bits per heavy atom. The number of anilines is 6. The lowest BCUT2D eigenvalue weighted by Gasteiger charge is -2.48. The molecule has 7 aromatic carbocycles. The number of benzene rings is 7. The van der Waals surface area contributed by atoms with Crippen LogP contribution in [0, 0.1) is 6.92 Å². The summed E-state index contributed by atoms with van der Waals surface area (Å²) >= 11 is 0. The minimum absolute atomic E-state index is 0.0132. The van der Waals surface area contributed by atoms with E-state index in [1.165, 1.54) is 117 Å². The molecule has 0 aromatic heterocycles. The van der Waals surface area contributed by atoms with Gasteiger partial charge in [0, 0.05) is 34.0 Å². The highest BCUT2D eigenvalue weighted by molar-refractivity contribution is 7.00. The lowest BCUT2D eigenvalue weighted by molar-refractivity contribution is 0.332. The zero-order chi connectivity index (χ0) is 52.3. The van der Waals surface area contributed by atoms with Crippen LogP contribution >= 0.6 is 0 Å². The summed E-state index contributed by atoms with van der Waals surface area (Å²) in [4.78, 5) is 5.40. The summed E-state index contributed by atoms with van der Waals surface area (Å²) in [6, 6.07) is 51.2. The van der Waals surface area contributed by atoms with Gasteiger partial charge in [-0.2, -0.15) is 0 Å². The first kappa shape index (κ1) is 49.4. The first-order valence-corrected chi connectivity index (χ1v) is 27.5. The molecule has 3 heteroatoms. The fourth-order valence-corrected chi connectivity index (χ4v) is 13.8.